The molecule has 1 fully saturated rings. The maximum absolute atomic E-state index is 12.2. The van der Waals surface area contributed by atoms with Crippen LogP contribution < -0.4 is 15.8 Å². The number of likely N-dealkylation sites (tertiary alicyclic amines) is 1. The van der Waals surface area contributed by atoms with Gasteiger partial charge in [0, 0.05) is 18.3 Å². The van der Waals surface area contributed by atoms with Crippen LogP contribution in [0.5, 0.6) is 5.75 Å². The molecular weight excluding hydrogens is 242 g/mol. The molecule has 0 saturated carbocycles. The van der Waals surface area contributed by atoms with E-state index in [4.69, 9.17) is 10.5 Å². The molecule has 104 valence electrons. The minimum atomic E-state index is -0.135. The van der Waals surface area contributed by atoms with Gasteiger partial charge in [0.25, 0.3) is 5.91 Å². The summed E-state index contributed by atoms with van der Waals surface area (Å²) in [5.74, 6) is 0.413. The molecule has 1 aromatic carbocycles. The molecule has 5 nitrogen and oxygen atoms in total. The number of hydrogen-bond donors (Lipinski definition) is 2. The molecular formula is C14H21N3O2. The Morgan fingerprint density at radius 1 is 1.58 bits per heavy atom. The third-order valence-corrected chi connectivity index (χ3v) is 3.64. The topological polar surface area (TPSA) is 67.6 Å². The number of methoxy groups -OCH3 is 1. The molecule has 0 bridgehead atoms. The van der Waals surface area contributed by atoms with Gasteiger partial charge in [0.15, 0.2) is 0 Å². The molecule has 1 aliphatic rings. The van der Waals surface area contributed by atoms with Gasteiger partial charge in [-0.1, -0.05) is 0 Å². The molecule has 1 unspecified atom stereocenters. The third-order valence-electron chi connectivity index (χ3n) is 3.64. The molecule has 1 aromatic rings. The highest BCUT2D eigenvalue weighted by Gasteiger charge is 2.22. The van der Waals surface area contributed by atoms with Gasteiger partial charge >= 0.3 is 0 Å². The average molecular weight is 263 g/mol. The van der Waals surface area contributed by atoms with Gasteiger partial charge in [0.05, 0.1) is 12.7 Å². The molecule has 0 aromatic heterocycles. The standard InChI is InChI=1S/C14H21N3O2/c1-17-7-3-4-11(17)9-16-14(18)12-8-10(15)5-6-13(12)19-2/h5-6,8,11H,3-4,7,9,15H2,1-2H3,(H,16,18). The van der Waals surface area contributed by atoms with E-state index in [1.165, 1.54) is 6.42 Å². The van der Waals surface area contributed by atoms with Crippen molar-refractivity contribution in [1.29, 1.82) is 0 Å². The second kappa shape index (κ2) is 5.93. The van der Waals surface area contributed by atoms with Crippen LogP contribution in [0.3, 0.4) is 0 Å². The lowest BCUT2D eigenvalue weighted by atomic mass is 10.1. The molecule has 2 rings (SSSR count). The normalized spacial score (nSPS) is 19.4. The fourth-order valence-electron chi connectivity index (χ4n) is 2.45. The number of nitrogens with zero attached hydrogens (tertiary/aromatic N) is 1. The molecule has 1 atom stereocenters. The van der Waals surface area contributed by atoms with Crippen LogP contribution >= 0.6 is 0 Å². The van der Waals surface area contributed by atoms with Gasteiger partial charge in [-0.05, 0) is 44.6 Å². The van der Waals surface area contributed by atoms with Crippen LogP contribution in [0.2, 0.25) is 0 Å². The summed E-state index contributed by atoms with van der Waals surface area (Å²) in [6, 6.07) is 5.51. The second-order valence-electron chi connectivity index (χ2n) is 4.95. The number of amides is 1. The summed E-state index contributed by atoms with van der Waals surface area (Å²) in [6.45, 7) is 1.76. The number of nitrogen functional groups attached to an aromatic ring is 1. The Balaban J connectivity index is 2.01. The second-order valence-corrected chi connectivity index (χ2v) is 4.95. The van der Waals surface area contributed by atoms with Crippen LogP contribution in [0.4, 0.5) is 5.69 Å². The van der Waals surface area contributed by atoms with E-state index in [2.05, 4.69) is 17.3 Å². The van der Waals surface area contributed by atoms with E-state index < -0.39 is 0 Å². The first-order valence-corrected chi connectivity index (χ1v) is 6.53. The number of nitrogens with two attached hydrogens (primary N) is 1. The first-order chi connectivity index (χ1) is 9.11. The maximum atomic E-state index is 12.2. The highest BCUT2D eigenvalue weighted by Crippen LogP contribution is 2.21. The van der Waals surface area contributed by atoms with Gasteiger partial charge in [-0.2, -0.15) is 0 Å². The minimum Gasteiger partial charge on any atom is -0.496 e. The predicted molar refractivity (Wildman–Crippen MR) is 75.4 cm³/mol. The zero-order chi connectivity index (χ0) is 13.8. The van der Waals surface area contributed by atoms with E-state index in [-0.39, 0.29) is 5.91 Å². The van der Waals surface area contributed by atoms with Gasteiger partial charge in [-0.3, -0.25) is 4.79 Å². The van der Waals surface area contributed by atoms with Crippen molar-refractivity contribution in [2.75, 3.05) is 33.0 Å². The summed E-state index contributed by atoms with van der Waals surface area (Å²) >= 11 is 0. The first kappa shape index (κ1) is 13.7. The summed E-state index contributed by atoms with van der Waals surface area (Å²) < 4.78 is 5.19. The van der Waals surface area contributed by atoms with Gasteiger partial charge in [0.2, 0.25) is 0 Å². The van der Waals surface area contributed by atoms with Gasteiger partial charge < -0.3 is 20.7 Å². The Hall–Kier alpha value is -1.75. The Morgan fingerprint density at radius 2 is 2.37 bits per heavy atom. The number of carbonyl (C=O) groups is 1. The fraction of sp³-hybridized carbons (Fsp3) is 0.500. The lowest BCUT2D eigenvalue weighted by Crippen LogP contribution is -2.38. The van der Waals surface area contributed by atoms with Crippen LogP contribution in [-0.4, -0.2) is 44.1 Å². The van der Waals surface area contributed by atoms with E-state index in [0.29, 0.717) is 29.6 Å². The van der Waals surface area contributed by atoms with E-state index in [1.54, 1.807) is 25.3 Å². The first-order valence-electron chi connectivity index (χ1n) is 6.53. The Labute approximate surface area is 113 Å². The van der Waals surface area contributed by atoms with E-state index in [9.17, 15) is 4.79 Å². The highest BCUT2D eigenvalue weighted by atomic mass is 16.5. The van der Waals surface area contributed by atoms with E-state index in [1.807, 2.05) is 0 Å². The van der Waals surface area contributed by atoms with Crippen molar-refractivity contribution in [1.82, 2.24) is 10.2 Å². The molecule has 0 aliphatic carbocycles. The van der Waals surface area contributed by atoms with Gasteiger partial charge in [0.1, 0.15) is 5.75 Å². The molecule has 19 heavy (non-hydrogen) atoms. The van der Waals surface area contributed by atoms with Crippen molar-refractivity contribution in [2.45, 2.75) is 18.9 Å². The molecule has 0 radical (unpaired) electrons. The van der Waals surface area contributed by atoms with E-state index >= 15 is 0 Å². The molecule has 3 N–H and O–H groups in total. The van der Waals surface area contributed by atoms with Crippen LogP contribution in [0, 0.1) is 0 Å². The molecule has 1 aliphatic heterocycles. The van der Waals surface area contributed by atoms with Crippen molar-refractivity contribution >= 4 is 11.6 Å². The van der Waals surface area contributed by atoms with Crippen LogP contribution in [0.25, 0.3) is 0 Å². The lowest BCUT2D eigenvalue weighted by molar-refractivity contribution is 0.0940. The zero-order valence-electron chi connectivity index (χ0n) is 11.5. The smallest absolute Gasteiger partial charge is 0.255 e. The largest absolute Gasteiger partial charge is 0.496 e. The maximum Gasteiger partial charge on any atom is 0.255 e. The third kappa shape index (κ3) is 3.17. The average Bonchev–Trinajstić information content (AvgIpc) is 2.81. The van der Waals surface area contributed by atoms with Crippen molar-refractivity contribution in [3.63, 3.8) is 0 Å². The number of likely N-dealkylation sites (N-methyl/N-ethyl adjacent to an activating group) is 1. The zero-order valence-corrected chi connectivity index (χ0v) is 11.5. The van der Waals surface area contributed by atoms with Crippen molar-refractivity contribution < 1.29 is 9.53 Å². The number of carbonyl (C=O) groups excluding carboxylic acids is 1. The summed E-state index contributed by atoms with van der Waals surface area (Å²) in [5, 5.41) is 2.96. The number of anilines is 1. The number of benzene rings is 1. The minimum absolute atomic E-state index is 0.135. The van der Waals surface area contributed by atoms with Gasteiger partial charge in [-0.15, -0.1) is 0 Å². The highest BCUT2D eigenvalue weighted by molar-refractivity contribution is 5.97. The summed E-state index contributed by atoms with van der Waals surface area (Å²) in [5.41, 5.74) is 6.76. The molecule has 0 spiro atoms. The summed E-state index contributed by atoms with van der Waals surface area (Å²) in [6.07, 6.45) is 2.32. The number of ether oxygens (including phenoxy) is 1. The Morgan fingerprint density at radius 3 is 3.00 bits per heavy atom. The van der Waals surface area contributed by atoms with E-state index in [0.717, 1.165) is 13.0 Å². The predicted octanol–water partition coefficient (Wildman–Crippen LogP) is 1.10. The molecule has 1 amide bonds. The number of hydrogen-bond acceptors (Lipinski definition) is 4. The SMILES string of the molecule is COc1ccc(N)cc1C(=O)NCC1CCCN1C. The summed E-state index contributed by atoms with van der Waals surface area (Å²) in [7, 11) is 3.64. The van der Waals surface area contributed by atoms with Crippen molar-refractivity contribution in [3.05, 3.63) is 23.8 Å². The van der Waals surface area contributed by atoms with Crippen molar-refractivity contribution in [2.24, 2.45) is 0 Å². The number of nitrogens with one attached hydrogen (secondary N) is 1. The van der Waals surface area contributed by atoms with Crippen LogP contribution in [-0.2, 0) is 0 Å². The number of rotatable bonds is 4. The monoisotopic (exact) mass is 263 g/mol. The quantitative estimate of drug-likeness (QED) is 0.798. The van der Waals surface area contributed by atoms with Crippen molar-refractivity contribution in [3.8, 4) is 5.75 Å². The molecule has 1 saturated heterocycles. The Kier molecular flexibility index (Phi) is 4.27. The summed E-state index contributed by atoms with van der Waals surface area (Å²) in [4.78, 5) is 14.4. The fourth-order valence-corrected chi connectivity index (χ4v) is 2.45. The molecule has 5 heteroatoms. The lowest BCUT2D eigenvalue weighted by Gasteiger charge is -2.20. The van der Waals surface area contributed by atoms with Crippen LogP contribution in [0.15, 0.2) is 18.2 Å². The molecule has 1 heterocycles. The Bertz CT molecular complexity index is 462. The van der Waals surface area contributed by atoms with Gasteiger partial charge in [-0.25, -0.2) is 0 Å². The van der Waals surface area contributed by atoms with Crippen LogP contribution in [0.1, 0.15) is 23.2 Å².